The van der Waals surface area contributed by atoms with Crippen LogP contribution >= 0.6 is 11.8 Å². The summed E-state index contributed by atoms with van der Waals surface area (Å²) < 4.78 is 0. The molecule has 0 aliphatic rings. The normalized spacial score (nSPS) is 12.6. The lowest BCUT2D eigenvalue weighted by molar-refractivity contribution is -0.130. The molecule has 66 valence electrons. The quantitative estimate of drug-likeness (QED) is 0.234. The molecule has 0 rings (SSSR count). The summed E-state index contributed by atoms with van der Waals surface area (Å²) in [7, 11) is 0. The standard InChI is InChI=1S/C5H13N3O2S/c6-1-2-11-3-4(7)5(9)8-10/h4,10H,1-3,6-7H2,(H,8,9). The van der Waals surface area contributed by atoms with Gasteiger partial charge in [0.2, 0.25) is 0 Å². The van der Waals surface area contributed by atoms with E-state index in [1.807, 2.05) is 0 Å². The van der Waals surface area contributed by atoms with Crippen molar-refractivity contribution in [1.29, 1.82) is 0 Å². The first-order valence-electron chi connectivity index (χ1n) is 3.19. The molecule has 0 aliphatic heterocycles. The lowest BCUT2D eigenvalue weighted by Crippen LogP contribution is -2.40. The van der Waals surface area contributed by atoms with Gasteiger partial charge in [-0.05, 0) is 0 Å². The summed E-state index contributed by atoms with van der Waals surface area (Å²) in [6.07, 6.45) is 0. The Morgan fingerprint density at radius 1 is 1.73 bits per heavy atom. The van der Waals surface area contributed by atoms with E-state index >= 15 is 0 Å². The lowest BCUT2D eigenvalue weighted by Gasteiger charge is -2.07. The van der Waals surface area contributed by atoms with Crippen LogP contribution in [0.15, 0.2) is 0 Å². The number of nitrogens with two attached hydrogens (primary N) is 2. The third-order valence-corrected chi connectivity index (χ3v) is 2.13. The average Bonchev–Trinajstić information content (AvgIpc) is 2.03. The third-order valence-electron chi connectivity index (χ3n) is 1.01. The van der Waals surface area contributed by atoms with Gasteiger partial charge in [-0.1, -0.05) is 0 Å². The van der Waals surface area contributed by atoms with E-state index in [1.165, 1.54) is 17.2 Å². The molecule has 6 heteroatoms. The molecular weight excluding hydrogens is 166 g/mol. The van der Waals surface area contributed by atoms with Crippen LogP contribution in [0.3, 0.4) is 0 Å². The second-order valence-electron chi connectivity index (χ2n) is 1.95. The first-order valence-corrected chi connectivity index (χ1v) is 4.35. The Morgan fingerprint density at radius 3 is 2.82 bits per heavy atom. The van der Waals surface area contributed by atoms with Gasteiger partial charge < -0.3 is 11.5 Å². The Bertz CT molecular complexity index is 122. The van der Waals surface area contributed by atoms with E-state index in [0.717, 1.165) is 5.75 Å². The minimum Gasteiger partial charge on any atom is -0.330 e. The van der Waals surface area contributed by atoms with Crippen LogP contribution in [0.2, 0.25) is 0 Å². The first kappa shape index (κ1) is 10.7. The molecule has 1 amide bonds. The number of rotatable bonds is 5. The van der Waals surface area contributed by atoms with Crippen molar-refractivity contribution in [3.8, 4) is 0 Å². The molecule has 1 atom stereocenters. The Morgan fingerprint density at radius 2 is 2.36 bits per heavy atom. The molecule has 0 aliphatic carbocycles. The van der Waals surface area contributed by atoms with Gasteiger partial charge in [0.1, 0.15) is 0 Å². The van der Waals surface area contributed by atoms with Crippen molar-refractivity contribution in [2.45, 2.75) is 6.04 Å². The van der Waals surface area contributed by atoms with Crippen molar-refractivity contribution in [2.75, 3.05) is 18.1 Å². The molecule has 11 heavy (non-hydrogen) atoms. The van der Waals surface area contributed by atoms with Gasteiger partial charge in [0.05, 0.1) is 6.04 Å². The summed E-state index contributed by atoms with van der Waals surface area (Å²) >= 11 is 1.48. The number of carbonyl (C=O) groups excluding carboxylic acids is 1. The SMILES string of the molecule is NCCSCC(N)C(=O)NO. The highest BCUT2D eigenvalue weighted by atomic mass is 32.2. The molecule has 0 heterocycles. The maximum absolute atomic E-state index is 10.6. The van der Waals surface area contributed by atoms with Gasteiger partial charge in [-0.2, -0.15) is 11.8 Å². The van der Waals surface area contributed by atoms with E-state index < -0.39 is 11.9 Å². The number of carbonyl (C=O) groups is 1. The molecule has 0 saturated heterocycles. The number of hydrogen-bond donors (Lipinski definition) is 4. The fraction of sp³-hybridized carbons (Fsp3) is 0.800. The molecular formula is C5H13N3O2S. The molecule has 5 nitrogen and oxygen atoms in total. The monoisotopic (exact) mass is 179 g/mol. The molecule has 0 bridgehead atoms. The van der Waals surface area contributed by atoms with Crippen molar-refractivity contribution in [1.82, 2.24) is 5.48 Å². The van der Waals surface area contributed by atoms with Crippen LogP contribution in [0.5, 0.6) is 0 Å². The Kier molecular flexibility index (Phi) is 6.24. The summed E-state index contributed by atoms with van der Waals surface area (Å²) in [6.45, 7) is 0.568. The maximum atomic E-state index is 10.6. The van der Waals surface area contributed by atoms with E-state index in [-0.39, 0.29) is 0 Å². The van der Waals surface area contributed by atoms with Gasteiger partial charge in [0.15, 0.2) is 0 Å². The summed E-state index contributed by atoms with van der Waals surface area (Å²) in [4.78, 5) is 10.6. The Balaban J connectivity index is 3.36. The van der Waals surface area contributed by atoms with Gasteiger partial charge in [0.25, 0.3) is 5.91 Å². The summed E-state index contributed by atoms with van der Waals surface area (Å²) in [5, 5.41) is 8.15. The molecule has 0 radical (unpaired) electrons. The van der Waals surface area contributed by atoms with Gasteiger partial charge in [-0.3, -0.25) is 10.0 Å². The zero-order valence-electron chi connectivity index (χ0n) is 6.12. The first-order chi connectivity index (χ1) is 5.22. The molecule has 0 aromatic rings. The van der Waals surface area contributed by atoms with Crippen LogP contribution in [0, 0.1) is 0 Å². The highest BCUT2D eigenvalue weighted by molar-refractivity contribution is 7.99. The van der Waals surface area contributed by atoms with Crippen LogP contribution in [-0.4, -0.2) is 35.2 Å². The van der Waals surface area contributed by atoms with Crippen LogP contribution in [0.1, 0.15) is 0 Å². The highest BCUT2D eigenvalue weighted by Crippen LogP contribution is 1.99. The zero-order chi connectivity index (χ0) is 8.69. The smallest absolute Gasteiger partial charge is 0.261 e. The Hall–Kier alpha value is -0.300. The highest BCUT2D eigenvalue weighted by Gasteiger charge is 2.10. The molecule has 0 aromatic heterocycles. The van der Waals surface area contributed by atoms with Gasteiger partial charge in [0, 0.05) is 18.1 Å². The van der Waals surface area contributed by atoms with E-state index in [0.29, 0.717) is 12.3 Å². The summed E-state index contributed by atoms with van der Waals surface area (Å²) in [6, 6.07) is -0.656. The predicted octanol–water partition coefficient (Wildman–Crippen LogP) is -1.49. The third kappa shape index (κ3) is 5.02. The van der Waals surface area contributed by atoms with Crippen LogP contribution in [-0.2, 0) is 4.79 Å². The van der Waals surface area contributed by atoms with Gasteiger partial charge >= 0.3 is 0 Å². The van der Waals surface area contributed by atoms with Crippen LogP contribution in [0.25, 0.3) is 0 Å². The zero-order valence-corrected chi connectivity index (χ0v) is 6.93. The van der Waals surface area contributed by atoms with Gasteiger partial charge in [-0.15, -0.1) is 0 Å². The van der Waals surface area contributed by atoms with Crippen molar-refractivity contribution in [2.24, 2.45) is 11.5 Å². The van der Waals surface area contributed by atoms with Crippen molar-refractivity contribution < 1.29 is 10.0 Å². The van der Waals surface area contributed by atoms with Crippen LogP contribution in [0.4, 0.5) is 0 Å². The number of thioether (sulfide) groups is 1. The van der Waals surface area contributed by atoms with Gasteiger partial charge in [-0.25, -0.2) is 5.48 Å². The minimum absolute atomic E-state index is 0.476. The molecule has 1 unspecified atom stereocenters. The summed E-state index contributed by atoms with van der Waals surface area (Å²) in [5.41, 5.74) is 12.0. The average molecular weight is 179 g/mol. The molecule has 0 spiro atoms. The predicted molar refractivity (Wildman–Crippen MR) is 44.3 cm³/mol. The lowest BCUT2D eigenvalue weighted by atomic mass is 10.3. The van der Waals surface area contributed by atoms with Crippen molar-refractivity contribution >= 4 is 17.7 Å². The summed E-state index contributed by atoms with van der Waals surface area (Å²) in [5.74, 6) is 0.685. The topological polar surface area (TPSA) is 101 Å². The number of nitrogens with one attached hydrogen (secondary N) is 1. The molecule has 0 aromatic carbocycles. The molecule has 0 saturated carbocycles. The number of hydroxylamine groups is 1. The largest absolute Gasteiger partial charge is 0.330 e. The van der Waals surface area contributed by atoms with E-state index in [1.54, 1.807) is 0 Å². The Labute approximate surface area is 69.5 Å². The second kappa shape index (κ2) is 6.41. The van der Waals surface area contributed by atoms with Crippen LogP contribution < -0.4 is 16.9 Å². The van der Waals surface area contributed by atoms with Crippen molar-refractivity contribution in [3.63, 3.8) is 0 Å². The number of amides is 1. The van der Waals surface area contributed by atoms with E-state index in [2.05, 4.69) is 0 Å². The molecule has 6 N–H and O–H groups in total. The fourth-order valence-electron chi connectivity index (χ4n) is 0.452. The fourth-order valence-corrected chi connectivity index (χ4v) is 1.19. The van der Waals surface area contributed by atoms with E-state index in [4.69, 9.17) is 16.7 Å². The minimum atomic E-state index is -0.656. The van der Waals surface area contributed by atoms with Crippen molar-refractivity contribution in [3.05, 3.63) is 0 Å². The second-order valence-corrected chi connectivity index (χ2v) is 3.10. The molecule has 0 fully saturated rings. The number of hydrogen-bond acceptors (Lipinski definition) is 5. The van der Waals surface area contributed by atoms with E-state index in [9.17, 15) is 4.79 Å². The maximum Gasteiger partial charge on any atom is 0.261 e.